The molecule has 0 saturated heterocycles. The third kappa shape index (κ3) is 2.73. The van der Waals surface area contributed by atoms with Crippen LogP contribution >= 0.6 is 0 Å². The van der Waals surface area contributed by atoms with Crippen molar-refractivity contribution in [1.82, 2.24) is 9.78 Å². The van der Waals surface area contributed by atoms with Crippen LogP contribution in [0.4, 0.5) is 5.82 Å². The molecule has 6 nitrogen and oxygen atoms in total. The highest BCUT2D eigenvalue weighted by atomic mass is 16.5. The molecule has 1 aromatic rings. The van der Waals surface area contributed by atoms with Gasteiger partial charge in [-0.25, -0.2) is 4.79 Å². The Kier molecular flexibility index (Phi) is 4.30. The largest absolute Gasteiger partial charge is 0.477 e. The zero-order valence-electron chi connectivity index (χ0n) is 9.78. The predicted molar refractivity (Wildman–Crippen MR) is 59.9 cm³/mol. The number of carboxylic acid groups (broad SMARTS) is 1. The van der Waals surface area contributed by atoms with Gasteiger partial charge in [0, 0.05) is 27.3 Å². The van der Waals surface area contributed by atoms with Gasteiger partial charge in [0.15, 0.2) is 0 Å². The molecule has 0 saturated carbocycles. The van der Waals surface area contributed by atoms with Gasteiger partial charge in [0.05, 0.1) is 5.69 Å². The number of nitrogens with one attached hydrogen (secondary N) is 1. The van der Waals surface area contributed by atoms with E-state index in [4.69, 9.17) is 9.84 Å². The molecule has 1 rings (SSSR count). The van der Waals surface area contributed by atoms with Crippen molar-refractivity contribution in [3.63, 3.8) is 0 Å². The molecule has 90 valence electrons. The number of carboxylic acids is 1. The molecule has 0 amide bonds. The van der Waals surface area contributed by atoms with Gasteiger partial charge < -0.3 is 15.2 Å². The summed E-state index contributed by atoms with van der Waals surface area (Å²) in [5.41, 5.74) is 0.754. The van der Waals surface area contributed by atoms with E-state index in [0.717, 1.165) is 6.42 Å². The van der Waals surface area contributed by atoms with Crippen molar-refractivity contribution in [2.24, 2.45) is 7.05 Å². The van der Waals surface area contributed by atoms with E-state index < -0.39 is 5.97 Å². The second-order valence-corrected chi connectivity index (χ2v) is 3.51. The fraction of sp³-hybridized carbons (Fsp3) is 0.600. The molecule has 2 N–H and O–H groups in total. The summed E-state index contributed by atoms with van der Waals surface area (Å²) in [7, 11) is 3.36. The van der Waals surface area contributed by atoms with Crippen molar-refractivity contribution in [1.29, 1.82) is 0 Å². The van der Waals surface area contributed by atoms with E-state index >= 15 is 0 Å². The standard InChI is InChI=1S/C10H17N3O3/c1-7-8(10(14)15)9(13(2)12-7)11-5-4-6-16-3/h11H,4-6H2,1-3H3,(H,14,15). The van der Waals surface area contributed by atoms with Crippen molar-refractivity contribution in [2.75, 3.05) is 25.6 Å². The highest BCUT2D eigenvalue weighted by Gasteiger charge is 2.18. The number of anilines is 1. The van der Waals surface area contributed by atoms with Gasteiger partial charge in [-0.05, 0) is 13.3 Å². The van der Waals surface area contributed by atoms with Crippen LogP contribution in [0.3, 0.4) is 0 Å². The third-order valence-electron chi connectivity index (χ3n) is 2.25. The van der Waals surface area contributed by atoms with Crippen LogP contribution in [0.1, 0.15) is 22.5 Å². The molecular weight excluding hydrogens is 210 g/mol. The minimum Gasteiger partial charge on any atom is -0.477 e. The summed E-state index contributed by atoms with van der Waals surface area (Å²) < 4.78 is 6.46. The number of ether oxygens (including phenoxy) is 1. The molecule has 0 aliphatic carbocycles. The van der Waals surface area contributed by atoms with Crippen LogP contribution in [0.15, 0.2) is 0 Å². The Morgan fingerprint density at radius 3 is 2.88 bits per heavy atom. The maximum atomic E-state index is 11.0. The predicted octanol–water partition coefficient (Wildman–Crippen LogP) is 0.875. The Hall–Kier alpha value is -1.56. The summed E-state index contributed by atoms with van der Waals surface area (Å²) in [6, 6.07) is 0. The minimum atomic E-state index is -0.958. The summed E-state index contributed by atoms with van der Waals surface area (Å²) >= 11 is 0. The lowest BCUT2D eigenvalue weighted by molar-refractivity contribution is 0.0697. The fourth-order valence-corrected chi connectivity index (χ4v) is 1.54. The van der Waals surface area contributed by atoms with Crippen LogP contribution in [0.2, 0.25) is 0 Å². The van der Waals surface area contributed by atoms with Gasteiger partial charge in [0.1, 0.15) is 11.4 Å². The average molecular weight is 227 g/mol. The van der Waals surface area contributed by atoms with Crippen molar-refractivity contribution in [3.05, 3.63) is 11.3 Å². The summed E-state index contributed by atoms with van der Waals surface area (Å²) in [4.78, 5) is 11.0. The number of hydrogen-bond acceptors (Lipinski definition) is 4. The summed E-state index contributed by atoms with van der Waals surface area (Å²) in [5, 5.41) is 16.2. The van der Waals surface area contributed by atoms with Crippen molar-refractivity contribution < 1.29 is 14.6 Å². The molecule has 0 aliphatic rings. The number of methoxy groups -OCH3 is 1. The molecule has 0 spiro atoms. The van der Waals surface area contributed by atoms with Crippen LogP contribution in [-0.2, 0) is 11.8 Å². The number of rotatable bonds is 6. The highest BCUT2D eigenvalue weighted by molar-refractivity contribution is 5.94. The van der Waals surface area contributed by atoms with Gasteiger partial charge >= 0.3 is 5.97 Å². The quantitative estimate of drug-likeness (QED) is 0.705. The molecule has 0 fully saturated rings. The van der Waals surface area contributed by atoms with E-state index in [0.29, 0.717) is 24.7 Å². The monoisotopic (exact) mass is 227 g/mol. The first-order chi connectivity index (χ1) is 7.57. The Morgan fingerprint density at radius 1 is 1.62 bits per heavy atom. The van der Waals surface area contributed by atoms with Gasteiger partial charge in [-0.1, -0.05) is 0 Å². The second-order valence-electron chi connectivity index (χ2n) is 3.51. The molecule has 1 heterocycles. The van der Waals surface area contributed by atoms with Crippen LogP contribution in [0.5, 0.6) is 0 Å². The molecule has 0 atom stereocenters. The van der Waals surface area contributed by atoms with E-state index in [9.17, 15) is 4.79 Å². The normalized spacial score (nSPS) is 10.4. The smallest absolute Gasteiger partial charge is 0.341 e. The molecule has 0 bridgehead atoms. The number of hydrogen-bond donors (Lipinski definition) is 2. The Bertz CT molecular complexity index is 374. The van der Waals surface area contributed by atoms with Crippen LogP contribution in [-0.4, -0.2) is 41.1 Å². The molecule has 1 aromatic heterocycles. The van der Waals surface area contributed by atoms with Gasteiger partial charge in [0.25, 0.3) is 0 Å². The number of nitrogens with zero attached hydrogens (tertiary/aromatic N) is 2. The SMILES string of the molecule is COCCCNc1c(C(=O)O)c(C)nn1C. The van der Waals surface area contributed by atoms with E-state index in [1.807, 2.05) is 0 Å². The van der Waals surface area contributed by atoms with Gasteiger partial charge in [0.2, 0.25) is 0 Å². The average Bonchev–Trinajstić information content (AvgIpc) is 2.48. The first kappa shape index (κ1) is 12.5. The molecule has 6 heteroatoms. The summed E-state index contributed by atoms with van der Waals surface area (Å²) in [6.45, 7) is 2.99. The number of aryl methyl sites for hydroxylation is 2. The molecule has 0 aromatic carbocycles. The zero-order chi connectivity index (χ0) is 12.1. The number of carbonyl (C=O) groups is 1. The van der Waals surface area contributed by atoms with Crippen molar-refractivity contribution in [2.45, 2.75) is 13.3 Å². The van der Waals surface area contributed by atoms with Crippen LogP contribution in [0, 0.1) is 6.92 Å². The first-order valence-electron chi connectivity index (χ1n) is 5.07. The fourth-order valence-electron chi connectivity index (χ4n) is 1.54. The van der Waals surface area contributed by atoms with E-state index in [1.165, 1.54) is 0 Å². The lowest BCUT2D eigenvalue weighted by Crippen LogP contribution is -2.11. The Morgan fingerprint density at radius 2 is 2.31 bits per heavy atom. The minimum absolute atomic E-state index is 0.236. The molecule has 0 radical (unpaired) electrons. The van der Waals surface area contributed by atoms with Crippen LogP contribution < -0.4 is 5.32 Å². The van der Waals surface area contributed by atoms with Crippen molar-refractivity contribution >= 4 is 11.8 Å². The van der Waals surface area contributed by atoms with Crippen molar-refractivity contribution in [3.8, 4) is 0 Å². The van der Waals surface area contributed by atoms with Gasteiger partial charge in [-0.2, -0.15) is 5.10 Å². The van der Waals surface area contributed by atoms with Gasteiger partial charge in [-0.3, -0.25) is 4.68 Å². The second kappa shape index (κ2) is 5.50. The van der Waals surface area contributed by atoms with E-state index in [-0.39, 0.29) is 5.56 Å². The number of aromatic carboxylic acids is 1. The molecule has 0 aliphatic heterocycles. The van der Waals surface area contributed by atoms with Crippen LogP contribution in [0.25, 0.3) is 0 Å². The van der Waals surface area contributed by atoms with Gasteiger partial charge in [-0.15, -0.1) is 0 Å². The topological polar surface area (TPSA) is 76.4 Å². The molecule has 16 heavy (non-hydrogen) atoms. The summed E-state index contributed by atoms with van der Waals surface area (Å²) in [6.07, 6.45) is 0.819. The summed E-state index contributed by atoms with van der Waals surface area (Å²) in [5.74, 6) is -0.416. The lowest BCUT2D eigenvalue weighted by atomic mass is 10.2. The zero-order valence-corrected chi connectivity index (χ0v) is 9.78. The maximum absolute atomic E-state index is 11.0. The Labute approximate surface area is 94.2 Å². The first-order valence-corrected chi connectivity index (χ1v) is 5.07. The maximum Gasteiger partial charge on any atom is 0.341 e. The Balaban J connectivity index is 2.74. The van der Waals surface area contributed by atoms with E-state index in [1.54, 1.807) is 25.8 Å². The molecular formula is C10H17N3O3. The molecule has 0 unspecified atom stereocenters. The third-order valence-corrected chi connectivity index (χ3v) is 2.25. The number of aromatic nitrogens is 2. The highest BCUT2D eigenvalue weighted by Crippen LogP contribution is 2.18. The lowest BCUT2D eigenvalue weighted by Gasteiger charge is -2.07. The van der Waals surface area contributed by atoms with E-state index in [2.05, 4.69) is 10.4 Å².